The number of H-pyrrole nitrogens is 1. The second-order valence-corrected chi connectivity index (χ2v) is 11.1. The monoisotopic (exact) mass is 525 g/mol. The van der Waals surface area contributed by atoms with Crippen LogP contribution in [0.25, 0.3) is 10.9 Å². The summed E-state index contributed by atoms with van der Waals surface area (Å²) in [5.74, 6) is -2.94. The van der Waals surface area contributed by atoms with Crippen LogP contribution >= 0.6 is 0 Å². The zero-order chi connectivity index (χ0) is 27.8. The van der Waals surface area contributed by atoms with Crippen LogP contribution in [0.3, 0.4) is 0 Å². The molecule has 1 saturated carbocycles. The van der Waals surface area contributed by atoms with Gasteiger partial charge in [-0.25, -0.2) is 9.79 Å². The summed E-state index contributed by atoms with van der Waals surface area (Å²) < 4.78 is 5.54. The number of nitrogens with zero attached hydrogens (tertiary/aromatic N) is 2. The number of likely N-dealkylation sites (tertiary alicyclic amines) is 1. The molecule has 1 unspecified atom stereocenters. The first-order valence-corrected chi connectivity index (χ1v) is 12.8. The number of aliphatic imine (C=N–C) groups is 1. The lowest BCUT2D eigenvalue weighted by Crippen LogP contribution is -2.53. The maximum atomic E-state index is 13.5. The van der Waals surface area contributed by atoms with Crippen molar-refractivity contribution in [1.29, 1.82) is 0 Å². The molecule has 1 aliphatic heterocycles. The molecule has 4 amide bonds. The van der Waals surface area contributed by atoms with Gasteiger partial charge < -0.3 is 25.9 Å². The van der Waals surface area contributed by atoms with E-state index >= 15 is 0 Å². The molecule has 0 bridgehead atoms. The summed E-state index contributed by atoms with van der Waals surface area (Å²) in [7, 11) is 0. The van der Waals surface area contributed by atoms with Crippen molar-refractivity contribution in [3.05, 3.63) is 36.0 Å². The second-order valence-electron chi connectivity index (χ2n) is 11.1. The number of hydrogen-bond acceptors (Lipinski definition) is 6. The lowest BCUT2D eigenvalue weighted by Gasteiger charge is -2.30. The first kappa shape index (κ1) is 27.3. The van der Waals surface area contributed by atoms with Crippen molar-refractivity contribution in [3.8, 4) is 0 Å². The highest BCUT2D eigenvalue weighted by molar-refractivity contribution is 6.00. The summed E-state index contributed by atoms with van der Waals surface area (Å²) in [6.07, 6.45) is 2.51. The fourth-order valence-electron chi connectivity index (χ4n) is 4.94. The Bertz CT molecular complexity index is 1260. The van der Waals surface area contributed by atoms with E-state index in [1.807, 2.05) is 24.3 Å². The van der Waals surface area contributed by atoms with Crippen molar-refractivity contribution < 1.29 is 29.0 Å². The number of amides is 4. The van der Waals surface area contributed by atoms with Gasteiger partial charge in [-0.15, -0.1) is 0 Å². The number of primary amides is 1. The number of aliphatic hydroxyl groups excluding tert-OH is 1. The molecule has 0 radical (unpaired) electrons. The highest BCUT2D eigenvalue weighted by atomic mass is 16.6. The van der Waals surface area contributed by atoms with Gasteiger partial charge in [-0.3, -0.25) is 19.3 Å². The minimum atomic E-state index is -1.16. The zero-order valence-electron chi connectivity index (χ0n) is 22.0. The van der Waals surface area contributed by atoms with Crippen molar-refractivity contribution >= 4 is 40.9 Å². The summed E-state index contributed by atoms with van der Waals surface area (Å²) in [6, 6.07) is 5.65. The second kappa shape index (κ2) is 10.6. The standard InChI is InChI=1S/C27H35N5O6/c1-14(33)18(23(28)34)13-30-24(35)20(9-16-12-29-19-8-6-5-7-17(16)19)31-25(36)22-11-15-10-21(15)32(22)26(37)38-27(2,3)4/h5-8,12-15,18,20-22,29,33H,9-11H2,1-4H3,(H2,28,34)(H,31,36)/b30-13+/t14-,15+,18?,20+,21+,22+/m1/s1. The average molecular weight is 526 g/mol. The lowest BCUT2D eigenvalue weighted by molar-refractivity contribution is -0.130. The number of ether oxygens (including phenoxy) is 1. The molecule has 5 N–H and O–H groups in total. The van der Waals surface area contributed by atoms with Crippen LogP contribution < -0.4 is 11.1 Å². The predicted molar refractivity (Wildman–Crippen MR) is 140 cm³/mol. The molecule has 11 heteroatoms. The summed E-state index contributed by atoms with van der Waals surface area (Å²) in [4.78, 5) is 59.8. The predicted octanol–water partition coefficient (Wildman–Crippen LogP) is 1.67. The van der Waals surface area contributed by atoms with Crippen molar-refractivity contribution in [2.45, 2.75) is 76.8 Å². The molecule has 1 aromatic carbocycles. The average Bonchev–Trinajstić information content (AvgIpc) is 3.29. The van der Waals surface area contributed by atoms with Crippen LogP contribution in [0.2, 0.25) is 0 Å². The summed E-state index contributed by atoms with van der Waals surface area (Å²) in [6.45, 7) is 6.66. The number of carbonyl (C=O) groups is 4. The Labute approximate surface area is 220 Å². The molecule has 2 heterocycles. The molecule has 2 aliphatic rings. The third kappa shape index (κ3) is 6.04. The summed E-state index contributed by atoms with van der Waals surface area (Å²) in [5.41, 5.74) is 6.26. The zero-order valence-corrected chi connectivity index (χ0v) is 22.0. The Balaban J connectivity index is 1.57. The Hall–Kier alpha value is -3.73. The number of hydrogen-bond donors (Lipinski definition) is 4. The van der Waals surface area contributed by atoms with Gasteiger partial charge in [-0.1, -0.05) is 18.2 Å². The SMILES string of the molecule is C[C@@H](O)C(/C=N/C(=O)[C@H](Cc1c[nH]c2ccccc12)NC(=O)[C@@H]1C[C@@H]2C[C@@H]2N1C(=O)OC(C)(C)C)C(N)=O. The summed E-state index contributed by atoms with van der Waals surface area (Å²) >= 11 is 0. The minimum absolute atomic E-state index is 0.0521. The first-order valence-electron chi connectivity index (χ1n) is 12.8. The van der Waals surface area contributed by atoms with E-state index in [0.717, 1.165) is 29.1 Å². The molecule has 1 aliphatic carbocycles. The van der Waals surface area contributed by atoms with Crippen molar-refractivity contribution in [2.24, 2.45) is 22.6 Å². The fourth-order valence-corrected chi connectivity index (χ4v) is 4.94. The van der Waals surface area contributed by atoms with E-state index in [4.69, 9.17) is 10.5 Å². The van der Waals surface area contributed by atoms with E-state index in [2.05, 4.69) is 15.3 Å². The van der Waals surface area contributed by atoms with Crippen LogP contribution in [0.5, 0.6) is 0 Å². The number of carbonyl (C=O) groups excluding carboxylic acids is 4. The molecule has 11 nitrogen and oxygen atoms in total. The van der Waals surface area contributed by atoms with E-state index in [-0.39, 0.29) is 18.4 Å². The van der Waals surface area contributed by atoms with Crippen LogP contribution in [-0.2, 0) is 25.5 Å². The van der Waals surface area contributed by atoms with Gasteiger partial charge in [0.15, 0.2) is 0 Å². The van der Waals surface area contributed by atoms with Gasteiger partial charge in [0.05, 0.1) is 12.0 Å². The quantitative estimate of drug-likeness (QED) is 0.383. The third-order valence-corrected chi connectivity index (χ3v) is 6.94. The number of aromatic nitrogens is 1. The minimum Gasteiger partial charge on any atom is -0.444 e. The first-order chi connectivity index (χ1) is 17.9. The molecule has 1 saturated heterocycles. The van der Waals surface area contributed by atoms with Crippen LogP contribution in [0, 0.1) is 11.8 Å². The normalized spacial score (nSPS) is 23.1. The highest BCUT2D eigenvalue weighted by Crippen LogP contribution is 2.48. The van der Waals surface area contributed by atoms with Gasteiger partial charge in [-0.05, 0) is 58.1 Å². The van der Waals surface area contributed by atoms with Crippen molar-refractivity contribution in [3.63, 3.8) is 0 Å². The van der Waals surface area contributed by atoms with Gasteiger partial charge in [-0.2, -0.15) is 0 Å². The topological polar surface area (TPSA) is 167 Å². The Morgan fingerprint density at radius 3 is 2.63 bits per heavy atom. The van der Waals surface area contributed by atoms with E-state index in [0.29, 0.717) is 6.42 Å². The van der Waals surface area contributed by atoms with E-state index in [1.54, 1.807) is 27.0 Å². The van der Waals surface area contributed by atoms with Gasteiger partial charge in [0.25, 0.3) is 5.91 Å². The van der Waals surface area contributed by atoms with Gasteiger partial charge in [0, 0.05) is 35.8 Å². The van der Waals surface area contributed by atoms with Crippen LogP contribution in [0.4, 0.5) is 4.79 Å². The summed E-state index contributed by atoms with van der Waals surface area (Å²) in [5, 5.41) is 13.5. The van der Waals surface area contributed by atoms with Crippen molar-refractivity contribution in [1.82, 2.24) is 15.2 Å². The number of benzene rings is 1. The van der Waals surface area contributed by atoms with Gasteiger partial charge in [0.1, 0.15) is 17.7 Å². The smallest absolute Gasteiger partial charge is 0.411 e. The van der Waals surface area contributed by atoms with Crippen LogP contribution in [0.1, 0.15) is 46.1 Å². The number of para-hydroxylation sites is 1. The molecule has 38 heavy (non-hydrogen) atoms. The molecule has 2 fully saturated rings. The molecule has 4 rings (SSSR count). The number of rotatable bonds is 8. The number of nitrogens with one attached hydrogen (secondary N) is 2. The Morgan fingerprint density at radius 1 is 1.26 bits per heavy atom. The molecule has 1 aromatic heterocycles. The fraction of sp³-hybridized carbons (Fsp3) is 0.519. The molecule has 204 valence electrons. The maximum Gasteiger partial charge on any atom is 0.411 e. The number of aromatic amines is 1. The van der Waals surface area contributed by atoms with Crippen LogP contribution in [-0.4, -0.2) is 74.9 Å². The Morgan fingerprint density at radius 2 is 1.97 bits per heavy atom. The Kier molecular flexibility index (Phi) is 7.59. The maximum absolute atomic E-state index is 13.5. The largest absolute Gasteiger partial charge is 0.444 e. The van der Waals surface area contributed by atoms with Gasteiger partial charge in [0.2, 0.25) is 11.8 Å². The van der Waals surface area contributed by atoms with Crippen LogP contribution in [0.15, 0.2) is 35.5 Å². The van der Waals surface area contributed by atoms with Crippen molar-refractivity contribution in [2.75, 3.05) is 0 Å². The van der Waals surface area contributed by atoms with E-state index in [1.165, 1.54) is 11.8 Å². The molecular weight excluding hydrogens is 490 g/mol. The number of aliphatic hydroxyl groups is 1. The number of fused-ring (bicyclic) bond motifs is 2. The molecule has 2 aromatic rings. The van der Waals surface area contributed by atoms with Gasteiger partial charge >= 0.3 is 6.09 Å². The lowest BCUT2D eigenvalue weighted by atomic mass is 10.0. The number of piperidine rings is 1. The highest BCUT2D eigenvalue weighted by Gasteiger charge is 2.57. The molecular formula is C27H35N5O6. The molecule has 0 spiro atoms. The number of nitrogens with two attached hydrogens (primary N) is 1. The van der Waals surface area contributed by atoms with E-state index in [9.17, 15) is 24.3 Å². The third-order valence-electron chi connectivity index (χ3n) is 6.94. The molecule has 6 atom stereocenters. The van der Waals surface area contributed by atoms with E-state index < -0.39 is 53.5 Å².